The smallest absolute Gasteiger partial charge is 0.140 e. The van der Waals surface area contributed by atoms with E-state index in [0.717, 1.165) is 45.4 Å². The predicted molar refractivity (Wildman–Crippen MR) is 112 cm³/mol. The average Bonchev–Trinajstić information content (AvgIpc) is 3.04. The maximum Gasteiger partial charge on any atom is 0.140 e. The van der Waals surface area contributed by atoms with E-state index in [1.54, 1.807) is 0 Å². The quantitative estimate of drug-likeness (QED) is 0.581. The summed E-state index contributed by atoms with van der Waals surface area (Å²) in [5.74, 6) is 3.01. The molecule has 0 radical (unpaired) electrons. The molecule has 4 saturated carbocycles. The molecule has 4 aliphatic carbocycles. The Balaban J connectivity index is 1.15. The van der Waals surface area contributed by atoms with E-state index in [0.29, 0.717) is 18.7 Å². The second-order valence-electron chi connectivity index (χ2n) is 9.61. The third-order valence-corrected chi connectivity index (χ3v) is 7.69. The van der Waals surface area contributed by atoms with Gasteiger partial charge in [-0.05, 0) is 74.5 Å². The molecule has 3 nitrogen and oxygen atoms in total. The highest BCUT2D eigenvalue weighted by molar-refractivity contribution is 6.05. The summed E-state index contributed by atoms with van der Waals surface area (Å²) in [7, 11) is 0. The molecule has 3 aromatic rings. The highest BCUT2D eigenvalue weighted by Gasteiger charge is 2.53. The van der Waals surface area contributed by atoms with Crippen LogP contribution < -0.4 is 5.32 Å². The van der Waals surface area contributed by atoms with Crippen molar-refractivity contribution >= 4 is 33.4 Å². The molecule has 0 saturated heterocycles. The van der Waals surface area contributed by atoms with Gasteiger partial charge >= 0.3 is 0 Å². The fourth-order valence-electron chi connectivity index (χ4n) is 6.87. The van der Waals surface area contributed by atoms with Crippen LogP contribution in [0, 0.1) is 23.2 Å². The van der Waals surface area contributed by atoms with Gasteiger partial charge in [-0.3, -0.25) is 4.79 Å². The van der Waals surface area contributed by atoms with E-state index in [-0.39, 0.29) is 5.41 Å². The monoisotopic (exact) mass is 373 g/mol. The van der Waals surface area contributed by atoms with E-state index >= 15 is 0 Å². The van der Waals surface area contributed by atoms with Crippen LogP contribution in [0.2, 0.25) is 0 Å². The van der Waals surface area contributed by atoms with Crippen molar-refractivity contribution in [1.82, 2.24) is 0 Å². The van der Waals surface area contributed by atoms with Crippen LogP contribution in [0.25, 0.3) is 21.9 Å². The maximum absolute atomic E-state index is 13.2. The summed E-state index contributed by atoms with van der Waals surface area (Å²) in [5.41, 5.74) is 2.88. The Hall–Kier alpha value is -2.29. The van der Waals surface area contributed by atoms with Crippen LogP contribution in [0.4, 0.5) is 5.69 Å². The molecular formula is C25H27NO2. The molecule has 2 aromatic carbocycles. The van der Waals surface area contributed by atoms with Crippen LogP contribution in [0.5, 0.6) is 0 Å². The molecule has 3 heteroatoms. The SMILES string of the molecule is O=C(CCNc1ccc2c(c1)oc1ccccc12)C12CC3CC(CC(C3)C1)C2. The molecule has 0 spiro atoms. The van der Waals surface area contributed by atoms with Crippen molar-refractivity contribution < 1.29 is 9.21 Å². The minimum atomic E-state index is 0.0269. The first kappa shape index (κ1) is 16.6. The van der Waals surface area contributed by atoms with Crippen molar-refractivity contribution in [2.24, 2.45) is 23.2 Å². The minimum absolute atomic E-state index is 0.0269. The molecule has 28 heavy (non-hydrogen) atoms. The molecule has 1 aromatic heterocycles. The van der Waals surface area contributed by atoms with Crippen molar-refractivity contribution in [3.05, 3.63) is 42.5 Å². The Bertz CT molecular complexity index is 1030. The Morgan fingerprint density at radius 2 is 1.61 bits per heavy atom. The summed E-state index contributed by atoms with van der Waals surface area (Å²) in [4.78, 5) is 13.2. The van der Waals surface area contributed by atoms with Crippen LogP contribution in [0.1, 0.15) is 44.9 Å². The molecule has 1 heterocycles. The Morgan fingerprint density at radius 1 is 0.929 bits per heavy atom. The van der Waals surface area contributed by atoms with Crippen molar-refractivity contribution in [3.8, 4) is 0 Å². The number of carbonyl (C=O) groups is 1. The number of hydrogen-bond donors (Lipinski definition) is 1. The van der Waals surface area contributed by atoms with Gasteiger partial charge in [0.2, 0.25) is 0 Å². The Labute approximate surface area is 165 Å². The Morgan fingerprint density at radius 3 is 2.36 bits per heavy atom. The lowest BCUT2D eigenvalue weighted by Crippen LogP contribution is -2.50. The number of furan rings is 1. The van der Waals surface area contributed by atoms with E-state index in [9.17, 15) is 4.79 Å². The fraction of sp³-hybridized carbons (Fsp3) is 0.480. The second kappa shape index (κ2) is 6.10. The van der Waals surface area contributed by atoms with Crippen LogP contribution in [0.15, 0.2) is 46.9 Å². The van der Waals surface area contributed by atoms with Gasteiger partial charge in [-0.25, -0.2) is 0 Å². The summed E-state index contributed by atoms with van der Waals surface area (Å²) in [5, 5.41) is 5.76. The molecule has 0 unspecified atom stereocenters. The van der Waals surface area contributed by atoms with Crippen molar-refractivity contribution in [3.63, 3.8) is 0 Å². The second-order valence-corrected chi connectivity index (χ2v) is 9.61. The zero-order valence-electron chi connectivity index (χ0n) is 16.2. The topological polar surface area (TPSA) is 42.2 Å². The zero-order chi connectivity index (χ0) is 18.7. The fourth-order valence-corrected chi connectivity index (χ4v) is 6.87. The first-order chi connectivity index (χ1) is 13.7. The van der Waals surface area contributed by atoms with Gasteiger partial charge in [-0.2, -0.15) is 0 Å². The maximum atomic E-state index is 13.2. The molecule has 144 valence electrons. The van der Waals surface area contributed by atoms with Crippen LogP contribution in [0.3, 0.4) is 0 Å². The number of anilines is 1. The minimum Gasteiger partial charge on any atom is -0.456 e. The number of para-hydroxylation sites is 1. The largest absolute Gasteiger partial charge is 0.456 e. The third kappa shape index (κ3) is 2.59. The molecule has 4 bridgehead atoms. The number of benzene rings is 2. The van der Waals surface area contributed by atoms with E-state index < -0.39 is 0 Å². The standard InChI is InChI=1S/C25H27NO2/c27-24(25-13-16-9-17(14-25)11-18(10-16)15-25)7-8-26-19-5-6-21-20-3-1-2-4-22(20)28-23(21)12-19/h1-6,12,16-18,26H,7-11,13-15H2. The lowest BCUT2D eigenvalue weighted by atomic mass is 9.48. The molecule has 0 amide bonds. The summed E-state index contributed by atoms with van der Waals surface area (Å²) in [6.45, 7) is 0.715. The number of fused-ring (bicyclic) bond motifs is 3. The molecule has 4 aliphatic rings. The van der Waals surface area contributed by atoms with Crippen molar-refractivity contribution in [2.75, 3.05) is 11.9 Å². The number of ketones is 1. The van der Waals surface area contributed by atoms with Gasteiger partial charge in [0.15, 0.2) is 0 Å². The molecule has 4 fully saturated rings. The summed E-state index contributed by atoms with van der Waals surface area (Å²) in [6.07, 6.45) is 8.32. The highest BCUT2D eigenvalue weighted by atomic mass is 16.3. The number of Topliss-reactive ketones (excluding diaryl/α,β-unsaturated/α-hetero) is 1. The summed E-state index contributed by atoms with van der Waals surface area (Å²) < 4.78 is 5.98. The number of hydrogen-bond acceptors (Lipinski definition) is 3. The van der Waals surface area contributed by atoms with E-state index in [1.165, 1.54) is 38.5 Å². The summed E-state index contributed by atoms with van der Waals surface area (Å²) in [6, 6.07) is 14.4. The van der Waals surface area contributed by atoms with Crippen LogP contribution in [-0.4, -0.2) is 12.3 Å². The number of rotatable bonds is 5. The average molecular weight is 373 g/mol. The first-order valence-electron chi connectivity index (χ1n) is 10.9. The van der Waals surface area contributed by atoms with Crippen LogP contribution >= 0.6 is 0 Å². The van der Waals surface area contributed by atoms with Crippen LogP contribution in [-0.2, 0) is 4.79 Å². The van der Waals surface area contributed by atoms with Gasteiger partial charge in [0, 0.05) is 40.9 Å². The lowest BCUT2D eigenvalue weighted by Gasteiger charge is -2.56. The zero-order valence-corrected chi connectivity index (χ0v) is 16.2. The number of carbonyl (C=O) groups excluding carboxylic acids is 1. The molecule has 0 atom stereocenters. The van der Waals surface area contributed by atoms with Gasteiger partial charge in [0.05, 0.1) is 0 Å². The predicted octanol–water partition coefficient (Wildman–Crippen LogP) is 6.17. The van der Waals surface area contributed by atoms with E-state index in [4.69, 9.17) is 4.42 Å². The van der Waals surface area contributed by atoms with Crippen molar-refractivity contribution in [1.29, 1.82) is 0 Å². The Kier molecular flexibility index (Phi) is 3.63. The van der Waals surface area contributed by atoms with Crippen molar-refractivity contribution in [2.45, 2.75) is 44.9 Å². The molecule has 0 aliphatic heterocycles. The van der Waals surface area contributed by atoms with Gasteiger partial charge in [-0.15, -0.1) is 0 Å². The normalized spacial score (nSPS) is 30.9. The van der Waals surface area contributed by atoms with E-state index in [2.05, 4.69) is 29.6 Å². The van der Waals surface area contributed by atoms with E-state index in [1.807, 2.05) is 18.2 Å². The third-order valence-electron chi connectivity index (χ3n) is 7.69. The van der Waals surface area contributed by atoms with Gasteiger partial charge in [0.25, 0.3) is 0 Å². The van der Waals surface area contributed by atoms with Gasteiger partial charge in [-0.1, -0.05) is 18.2 Å². The lowest BCUT2D eigenvalue weighted by molar-refractivity contribution is -0.143. The number of nitrogens with one attached hydrogen (secondary N) is 1. The molecular weight excluding hydrogens is 346 g/mol. The first-order valence-corrected chi connectivity index (χ1v) is 10.9. The summed E-state index contributed by atoms with van der Waals surface area (Å²) >= 11 is 0. The highest BCUT2D eigenvalue weighted by Crippen LogP contribution is 2.60. The van der Waals surface area contributed by atoms with Gasteiger partial charge < -0.3 is 9.73 Å². The van der Waals surface area contributed by atoms with Gasteiger partial charge in [0.1, 0.15) is 16.9 Å². The molecule has 1 N–H and O–H groups in total. The molecule has 7 rings (SSSR count).